The number of benzene rings is 2. The Hall–Kier alpha value is -3.51. The Morgan fingerprint density at radius 1 is 1.18 bits per heavy atom. The molecule has 3 rings (SSSR count). The lowest BCUT2D eigenvalue weighted by molar-refractivity contribution is -0.384. The molecule has 0 aliphatic carbocycles. The lowest BCUT2D eigenvalue weighted by atomic mass is 10.0. The van der Waals surface area contributed by atoms with E-state index in [1.807, 2.05) is 6.07 Å². The molecule has 140 valence electrons. The molecule has 0 amide bonds. The van der Waals surface area contributed by atoms with Crippen molar-refractivity contribution in [3.8, 4) is 17.3 Å². The van der Waals surface area contributed by atoms with Gasteiger partial charge in [0.25, 0.3) is 5.69 Å². The highest BCUT2D eigenvalue weighted by atomic mass is 32.1. The van der Waals surface area contributed by atoms with Crippen molar-refractivity contribution in [3.63, 3.8) is 0 Å². The number of alkyl halides is 3. The van der Waals surface area contributed by atoms with Crippen LogP contribution >= 0.6 is 11.3 Å². The van der Waals surface area contributed by atoms with Crippen LogP contribution in [-0.2, 0) is 6.18 Å². The molecule has 0 N–H and O–H groups in total. The number of nitro benzene ring substituents is 1. The first-order valence-corrected chi connectivity index (χ1v) is 8.66. The molecule has 0 bridgehead atoms. The van der Waals surface area contributed by atoms with Gasteiger partial charge in [-0.1, -0.05) is 18.2 Å². The molecule has 0 fully saturated rings. The lowest BCUT2D eigenvalue weighted by Gasteiger charge is -2.09. The zero-order valence-corrected chi connectivity index (χ0v) is 14.8. The van der Waals surface area contributed by atoms with Gasteiger partial charge in [0, 0.05) is 23.1 Å². The van der Waals surface area contributed by atoms with Gasteiger partial charge < -0.3 is 0 Å². The number of nitriles is 1. The molecular weight excluding hydrogens is 391 g/mol. The van der Waals surface area contributed by atoms with Crippen molar-refractivity contribution in [1.29, 1.82) is 5.26 Å². The molecule has 1 aromatic heterocycles. The molecule has 0 aliphatic heterocycles. The van der Waals surface area contributed by atoms with Gasteiger partial charge in [0.1, 0.15) is 11.1 Å². The van der Waals surface area contributed by atoms with E-state index >= 15 is 0 Å². The Labute approximate surface area is 161 Å². The Balaban J connectivity index is 1.97. The topological polar surface area (TPSA) is 79.8 Å². The maximum absolute atomic E-state index is 13.1. The van der Waals surface area contributed by atoms with E-state index in [4.69, 9.17) is 0 Å². The zero-order valence-electron chi connectivity index (χ0n) is 14.0. The van der Waals surface area contributed by atoms with Crippen molar-refractivity contribution < 1.29 is 18.1 Å². The van der Waals surface area contributed by atoms with Crippen LogP contribution in [0.5, 0.6) is 0 Å². The standard InChI is InChI=1S/C19H10F3N3O2S/c20-19(21,22)16-4-2-1-3-13(16)9-14(10-23)18-24-17(11-28-18)12-5-7-15(8-6-12)25(26)27/h1-9,11H/b14-9+. The van der Waals surface area contributed by atoms with Crippen molar-refractivity contribution in [1.82, 2.24) is 4.98 Å². The molecule has 0 spiro atoms. The van der Waals surface area contributed by atoms with Crippen LogP contribution in [0.2, 0.25) is 0 Å². The summed E-state index contributed by atoms with van der Waals surface area (Å²) in [4.78, 5) is 14.5. The van der Waals surface area contributed by atoms with Gasteiger partial charge >= 0.3 is 6.18 Å². The van der Waals surface area contributed by atoms with Crippen LogP contribution in [0.15, 0.2) is 53.9 Å². The van der Waals surface area contributed by atoms with E-state index in [0.29, 0.717) is 11.3 Å². The molecule has 0 aliphatic rings. The maximum atomic E-state index is 13.1. The molecule has 9 heteroatoms. The second-order valence-electron chi connectivity index (χ2n) is 5.60. The average Bonchev–Trinajstić information content (AvgIpc) is 3.15. The fraction of sp³-hybridized carbons (Fsp3) is 0.0526. The minimum absolute atomic E-state index is 0.00476. The summed E-state index contributed by atoms with van der Waals surface area (Å²) >= 11 is 1.10. The number of halogens is 3. The fourth-order valence-corrected chi connectivity index (χ4v) is 3.26. The molecule has 0 saturated heterocycles. The Morgan fingerprint density at radius 2 is 1.86 bits per heavy atom. The number of nitrogens with zero attached hydrogens (tertiary/aromatic N) is 3. The number of rotatable bonds is 4. The van der Waals surface area contributed by atoms with Crippen LogP contribution in [0.25, 0.3) is 22.9 Å². The number of hydrogen-bond acceptors (Lipinski definition) is 5. The first kappa shape index (κ1) is 19.3. The van der Waals surface area contributed by atoms with E-state index in [-0.39, 0.29) is 21.8 Å². The number of non-ortho nitro benzene ring substituents is 1. The lowest BCUT2D eigenvalue weighted by Crippen LogP contribution is -2.07. The third-order valence-corrected chi connectivity index (χ3v) is 4.67. The van der Waals surface area contributed by atoms with E-state index in [2.05, 4.69) is 4.98 Å². The predicted molar refractivity (Wildman–Crippen MR) is 99.1 cm³/mol. The Bertz CT molecular complexity index is 1100. The van der Waals surface area contributed by atoms with E-state index in [1.165, 1.54) is 42.5 Å². The van der Waals surface area contributed by atoms with Gasteiger partial charge in [-0.05, 0) is 29.8 Å². The van der Waals surface area contributed by atoms with Crippen molar-refractivity contribution in [2.75, 3.05) is 0 Å². The molecule has 0 radical (unpaired) electrons. The summed E-state index contributed by atoms with van der Waals surface area (Å²) in [7, 11) is 0. The summed E-state index contributed by atoms with van der Waals surface area (Å²) in [6.07, 6.45) is -3.39. The van der Waals surface area contributed by atoms with Crippen molar-refractivity contribution in [2.24, 2.45) is 0 Å². The number of nitro groups is 1. The van der Waals surface area contributed by atoms with Gasteiger partial charge in [0.05, 0.1) is 21.8 Å². The molecule has 0 saturated carbocycles. The molecular formula is C19H10F3N3O2S. The summed E-state index contributed by atoms with van der Waals surface area (Å²) in [5.74, 6) is 0. The van der Waals surface area contributed by atoms with Crippen LogP contribution in [0, 0.1) is 21.4 Å². The monoisotopic (exact) mass is 401 g/mol. The molecule has 5 nitrogen and oxygen atoms in total. The van der Waals surface area contributed by atoms with Crippen molar-refractivity contribution >= 4 is 28.7 Å². The minimum atomic E-state index is -4.54. The van der Waals surface area contributed by atoms with E-state index in [0.717, 1.165) is 23.5 Å². The zero-order chi connectivity index (χ0) is 20.3. The first-order chi connectivity index (χ1) is 13.3. The Kier molecular flexibility index (Phi) is 5.24. The summed E-state index contributed by atoms with van der Waals surface area (Å²) < 4.78 is 39.4. The number of hydrogen-bond donors (Lipinski definition) is 0. The van der Waals surface area contributed by atoms with Gasteiger partial charge in [-0.2, -0.15) is 18.4 Å². The highest BCUT2D eigenvalue weighted by Crippen LogP contribution is 2.34. The normalized spacial score (nSPS) is 11.9. The largest absolute Gasteiger partial charge is 0.416 e. The van der Waals surface area contributed by atoms with Gasteiger partial charge in [-0.25, -0.2) is 4.98 Å². The average molecular weight is 401 g/mol. The van der Waals surface area contributed by atoms with E-state index in [9.17, 15) is 28.5 Å². The summed E-state index contributed by atoms with van der Waals surface area (Å²) in [5, 5.41) is 22.0. The maximum Gasteiger partial charge on any atom is 0.416 e. The van der Waals surface area contributed by atoms with Gasteiger partial charge in [-0.15, -0.1) is 11.3 Å². The number of thiazole rings is 1. The Morgan fingerprint density at radius 3 is 2.46 bits per heavy atom. The van der Waals surface area contributed by atoms with Crippen molar-refractivity contribution in [2.45, 2.75) is 6.18 Å². The molecule has 0 atom stereocenters. The van der Waals surface area contributed by atoms with Crippen LogP contribution in [0.4, 0.5) is 18.9 Å². The molecule has 1 heterocycles. The quantitative estimate of drug-likeness (QED) is 0.314. The van der Waals surface area contributed by atoms with Crippen LogP contribution in [-0.4, -0.2) is 9.91 Å². The van der Waals surface area contributed by atoms with Crippen LogP contribution in [0.3, 0.4) is 0 Å². The predicted octanol–water partition coefficient (Wildman–Crippen LogP) is 5.80. The summed E-state index contributed by atoms with van der Waals surface area (Å²) in [5.41, 5.74) is 0.0326. The first-order valence-electron chi connectivity index (χ1n) is 7.78. The third kappa shape index (κ3) is 4.07. The van der Waals surface area contributed by atoms with Gasteiger partial charge in [0.15, 0.2) is 0 Å². The van der Waals surface area contributed by atoms with Crippen molar-refractivity contribution in [3.05, 3.63) is 80.2 Å². The van der Waals surface area contributed by atoms with Gasteiger partial charge in [-0.3, -0.25) is 10.1 Å². The highest BCUT2D eigenvalue weighted by molar-refractivity contribution is 7.11. The molecule has 0 unspecified atom stereocenters. The summed E-state index contributed by atoms with van der Waals surface area (Å²) in [6, 6.07) is 12.6. The third-order valence-electron chi connectivity index (χ3n) is 3.79. The minimum Gasteiger partial charge on any atom is -0.258 e. The van der Waals surface area contributed by atoms with Crippen LogP contribution in [0.1, 0.15) is 16.1 Å². The van der Waals surface area contributed by atoms with Crippen LogP contribution < -0.4 is 0 Å². The molecule has 28 heavy (non-hydrogen) atoms. The second-order valence-corrected chi connectivity index (χ2v) is 6.45. The SMILES string of the molecule is N#C/C(=C\c1ccccc1C(F)(F)F)c1nc(-c2ccc([N+](=O)[O-])cc2)cs1. The van der Waals surface area contributed by atoms with E-state index < -0.39 is 16.7 Å². The smallest absolute Gasteiger partial charge is 0.258 e. The fourth-order valence-electron chi connectivity index (χ4n) is 2.46. The molecule has 3 aromatic rings. The number of allylic oxidation sites excluding steroid dienone is 1. The summed E-state index contributed by atoms with van der Waals surface area (Å²) in [6.45, 7) is 0. The van der Waals surface area contributed by atoms with Gasteiger partial charge in [0.2, 0.25) is 0 Å². The highest BCUT2D eigenvalue weighted by Gasteiger charge is 2.32. The van der Waals surface area contributed by atoms with E-state index in [1.54, 1.807) is 5.38 Å². The number of aromatic nitrogens is 1. The second kappa shape index (κ2) is 7.62. The molecule has 2 aromatic carbocycles.